The van der Waals surface area contributed by atoms with Gasteiger partial charge in [-0.05, 0) is 30.9 Å². The number of carbonyl (C=O) groups excluding carboxylic acids is 1. The highest BCUT2D eigenvalue weighted by atomic mass is 16.5. The van der Waals surface area contributed by atoms with Gasteiger partial charge in [0.05, 0.1) is 17.7 Å². The monoisotopic (exact) mass is 247 g/mol. The summed E-state index contributed by atoms with van der Waals surface area (Å²) in [6.07, 6.45) is 2.85. The molecule has 1 aromatic carbocycles. The minimum Gasteiger partial charge on any atom is -0.462 e. The Hall–Kier alpha value is -1.77. The zero-order valence-corrected chi connectivity index (χ0v) is 11.1. The van der Waals surface area contributed by atoms with E-state index >= 15 is 0 Å². The molecular formula is C15H21NO2. The molecule has 98 valence electrons. The maximum absolute atomic E-state index is 12.2. The summed E-state index contributed by atoms with van der Waals surface area (Å²) in [4.78, 5) is 15.3. The summed E-state index contributed by atoms with van der Waals surface area (Å²) in [6, 6.07) is 6.06. The lowest BCUT2D eigenvalue weighted by atomic mass is 9.92. The molecule has 0 aliphatic rings. The summed E-state index contributed by atoms with van der Waals surface area (Å²) in [5.74, 6) is 0.109. The molecular weight excluding hydrogens is 226 g/mol. The second-order valence-corrected chi connectivity index (χ2v) is 4.50. The fourth-order valence-corrected chi connectivity index (χ4v) is 2.20. The highest BCUT2D eigenvalue weighted by Crippen LogP contribution is 2.29. The van der Waals surface area contributed by atoms with Crippen LogP contribution in [-0.2, 0) is 4.74 Å². The Bertz CT molecular complexity index is 562. The van der Waals surface area contributed by atoms with Crippen LogP contribution in [0.2, 0.25) is 0 Å². The molecule has 0 aliphatic carbocycles. The van der Waals surface area contributed by atoms with Gasteiger partial charge in [0, 0.05) is 13.0 Å². The first-order valence-corrected chi connectivity index (χ1v) is 6.46. The first-order valence-electron chi connectivity index (χ1n) is 6.46. The normalized spacial score (nSPS) is 12.6. The van der Waals surface area contributed by atoms with E-state index in [0.29, 0.717) is 18.1 Å². The second kappa shape index (κ2) is 5.25. The maximum Gasteiger partial charge on any atom is 0.340 e. The van der Waals surface area contributed by atoms with E-state index in [1.807, 2.05) is 25.3 Å². The third-order valence-electron chi connectivity index (χ3n) is 3.38. The summed E-state index contributed by atoms with van der Waals surface area (Å²) in [7, 11) is 0. The molecule has 2 aromatic rings. The molecule has 0 saturated carbocycles. The standard InChI is InChI=1S/C15H19NO2.H2/c1-4-10(3)12-7-6-11-8-9-16-14(11)13(12)15(17)18-5-2;/h6-10,16H,4-5H2,1-3H3;1H. The number of aromatic amines is 1. The lowest BCUT2D eigenvalue weighted by molar-refractivity contribution is 0.0526. The Morgan fingerprint density at radius 1 is 1.39 bits per heavy atom. The predicted molar refractivity (Wildman–Crippen MR) is 75.1 cm³/mol. The largest absolute Gasteiger partial charge is 0.462 e. The number of benzene rings is 1. The van der Waals surface area contributed by atoms with E-state index < -0.39 is 0 Å². The van der Waals surface area contributed by atoms with Gasteiger partial charge in [-0.3, -0.25) is 0 Å². The minimum atomic E-state index is -0.235. The SMILES string of the molecule is CCOC(=O)c1c(C(C)CC)ccc2cc[nH]c12.[HH]. The van der Waals surface area contributed by atoms with Crippen LogP contribution in [0.1, 0.15) is 50.5 Å². The van der Waals surface area contributed by atoms with Crippen LogP contribution in [0.5, 0.6) is 0 Å². The Morgan fingerprint density at radius 3 is 2.83 bits per heavy atom. The van der Waals surface area contributed by atoms with Crippen LogP contribution in [0.25, 0.3) is 10.9 Å². The van der Waals surface area contributed by atoms with Gasteiger partial charge in [-0.2, -0.15) is 0 Å². The number of ether oxygens (including phenoxy) is 1. The number of carbonyl (C=O) groups is 1. The minimum absolute atomic E-state index is 0. The van der Waals surface area contributed by atoms with E-state index in [4.69, 9.17) is 4.74 Å². The van der Waals surface area contributed by atoms with Crippen molar-refractivity contribution in [3.8, 4) is 0 Å². The number of esters is 1. The van der Waals surface area contributed by atoms with Gasteiger partial charge < -0.3 is 9.72 Å². The van der Waals surface area contributed by atoms with Gasteiger partial charge in [0.2, 0.25) is 0 Å². The van der Waals surface area contributed by atoms with E-state index in [1.54, 1.807) is 0 Å². The Kier molecular flexibility index (Phi) is 3.70. The van der Waals surface area contributed by atoms with E-state index in [0.717, 1.165) is 22.9 Å². The van der Waals surface area contributed by atoms with E-state index in [2.05, 4.69) is 24.9 Å². The number of rotatable bonds is 4. The van der Waals surface area contributed by atoms with Crippen molar-refractivity contribution in [3.05, 3.63) is 35.5 Å². The van der Waals surface area contributed by atoms with E-state index in [9.17, 15) is 4.79 Å². The summed E-state index contributed by atoms with van der Waals surface area (Å²) in [5, 5.41) is 1.05. The van der Waals surface area contributed by atoms with Gasteiger partial charge in [0.1, 0.15) is 0 Å². The highest BCUT2D eigenvalue weighted by Gasteiger charge is 2.20. The first kappa shape index (κ1) is 12.7. The Balaban J connectivity index is 0.00000180. The zero-order valence-electron chi connectivity index (χ0n) is 11.1. The van der Waals surface area contributed by atoms with Crippen molar-refractivity contribution < 1.29 is 11.0 Å². The average molecular weight is 247 g/mol. The van der Waals surface area contributed by atoms with E-state index in [1.165, 1.54) is 0 Å². The van der Waals surface area contributed by atoms with E-state index in [-0.39, 0.29) is 7.40 Å². The molecule has 3 nitrogen and oxygen atoms in total. The Morgan fingerprint density at radius 2 is 2.17 bits per heavy atom. The lowest BCUT2D eigenvalue weighted by Crippen LogP contribution is -2.10. The van der Waals surface area contributed by atoms with Crippen molar-refractivity contribution in [2.24, 2.45) is 0 Å². The van der Waals surface area contributed by atoms with Crippen LogP contribution in [0.3, 0.4) is 0 Å². The zero-order chi connectivity index (χ0) is 13.1. The summed E-state index contributed by atoms with van der Waals surface area (Å²) in [5.41, 5.74) is 2.63. The van der Waals surface area contributed by atoms with Crippen LogP contribution in [0.4, 0.5) is 0 Å². The quantitative estimate of drug-likeness (QED) is 0.826. The summed E-state index contributed by atoms with van der Waals surface area (Å²) >= 11 is 0. The summed E-state index contributed by atoms with van der Waals surface area (Å²) < 4.78 is 5.18. The highest BCUT2D eigenvalue weighted by molar-refractivity contribution is 6.04. The number of fused-ring (bicyclic) bond motifs is 1. The fraction of sp³-hybridized carbons (Fsp3) is 0.400. The van der Waals surface area contributed by atoms with Gasteiger partial charge in [0.25, 0.3) is 0 Å². The van der Waals surface area contributed by atoms with Crippen LogP contribution < -0.4 is 0 Å². The van der Waals surface area contributed by atoms with Crippen molar-refractivity contribution in [1.82, 2.24) is 4.98 Å². The molecule has 3 heteroatoms. The van der Waals surface area contributed by atoms with Crippen LogP contribution in [-0.4, -0.2) is 17.6 Å². The predicted octanol–water partition coefficient (Wildman–Crippen LogP) is 4.10. The van der Waals surface area contributed by atoms with Gasteiger partial charge in [-0.1, -0.05) is 26.0 Å². The molecule has 1 N–H and O–H groups in total. The molecule has 18 heavy (non-hydrogen) atoms. The number of hydrogen-bond acceptors (Lipinski definition) is 2. The molecule has 0 spiro atoms. The number of aromatic nitrogens is 1. The lowest BCUT2D eigenvalue weighted by Gasteiger charge is -2.15. The molecule has 0 amide bonds. The third kappa shape index (κ3) is 2.13. The molecule has 1 unspecified atom stereocenters. The first-order chi connectivity index (χ1) is 8.69. The second-order valence-electron chi connectivity index (χ2n) is 4.50. The van der Waals surface area contributed by atoms with Crippen molar-refractivity contribution >= 4 is 16.9 Å². The third-order valence-corrected chi connectivity index (χ3v) is 3.38. The fourth-order valence-electron chi connectivity index (χ4n) is 2.20. The maximum atomic E-state index is 12.2. The molecule has 1 aromatic heterocycles. The van der Waals surface area contributed by atoms with Crippen LogP contribution >= 0.6 is 0 Å². The average Bonchev–Trinajstić information content (AvgIpc) is 2.84. The van der Waals surface area contributed by atoms with Crippen molar-refractivity contribution in [2.75, 3.05) is 6.61 Å². The summed E-state index contributed by atoms with van der Waals surface area (Å²) in [6.45, 7) is 6.48. The molecule has 1 atom stereocenters. The Labute approximate surface area is 109 Å². The molecule has 0 bridgehead atoms. The molecule has 2 rings (SSSR count). The number of H-pyrrole nitrogens is 1. The molecule has 0 radical (unpaired) electrons. The molecule has 0 saturated heterocycles. The van der Waals surface area contributed by atoms with Gasteiger partial charge >= 0.3 is 5.97 Å². The molecule has 1 heterocycles. The number of hydrogen-bond donors (Lipinski definition) is 1. The van der Waals surface area contributed by atoms with Crippen molar-refractivity contribution in [3.63, 3.8) is 0 Å². The van der Waals surface area contributed by atoms with Gasteiger partial charge in [0.15, 0.2) is 0 Å². The topological polar surface area (TPSA) is 42.1 Å². The molecule has 0 aliphatic heterocycles. The van der Waals surface area contributed by atoms with Gasteiger partial charge in [-0.25, -0.2) is 4.79 Å². The number of nitrogens with one attached hydrogen (secondary N) is 1. The smallest absolute Gasteiger partial charge is 0.340 e. The van der Waals surface area contributed by atoms with Gasteiger partial charge in [-0.15, -0.1) is 0 Å². The molecule has 0 fully saturated rings. The van der Waals surface area contributed by atoms with Crippen LogP contribution in [0.15, 0.2) is 24.4 Å². The van der Waals surface area contributed by atoms with Crippen LogP contribution in [0, 0.1) is 0 Å². The van der Waals surface area contributed by atoms with Crippen molar-refractivity contribution in [2.45, 2.75) is 33.1 Å². The van der Waals surface area contributed by atoms with Crippen molar-refractivity contribution in [1.29, 1.82) is 0 Å².